The number of anilines is 1. The first-order chi connectivity index (χ1) is 15.0. The first-order valence-electron chi connectivity index (χ1n) is 10.4. The summed E-state index contributed by atoms with van der Waals surface area (Å²) < 4.78 is 0. The lowest BCUT2D eigenvalue weighted by Crippen LogP contribution is -2.48. The molecule has 2 heterocycles. The number of amides is 1. The second kappa shape index (κ2) is 9.45. The number of benzene rings is 2. The van der Waals surface area contributed by atoms with E-state index in [9.17, 15) is 4.79 Å². The summed E-state index contributed by atoms with van der Waals surface area (Å²) in [5, 5.41) is 1.60. The van der Waals surface area contributed by atoms with Crippen LogP contribution in [0.15, 0.2) is 60.9 Å². The molecule has 1 fully saturated rings. The topological polar surface area (TPSA) is 52.6 Å². The van der Waals surface area contributed by atoms with Crippen molar-refractivity contribution in [1.82, 2.24) is 19.8 Å². The Bertz CT molecular complexity index is 1090. The molecule has 0 saturated carbocycles. The summed E-state index contributed by atoms with van der Waals surface area (Å²) in [6.45, 7) is 3.51. The number of hydrogen-bond donors (Lipinski definition) is 0. The maximum atomic E-state index is 12.4. The molecule has 0 bridgehead atoms. The molecule has 160 valence electrons. The molecular weight excluding hydrogens is 410 g/mol. The highest BCUT2D eigenvalue weighted by molar-refractivity contribution is 6.34. The van der Waals surface area contributed by atoms with Gasteiger partial charge >= 0.3 is 0 Å². The van der Waals surface area contributed by atoms with Crippen LogP contribution in [0.2, 0.25) is 5.02 Å². The number of piperazine rings is 1. The van der Waals surface area contributed by atoms with E-state index in [0.717, 1.165) is 47.5 Å². The molecule has 1 saturated heterocycles. The minimum absolute atomic E-state index is 0.0598. The lowest BCUT2D eigenvalue weighted by atomic mass is 10.0. The van der Waals surface area contributed by atoms with Crippen molar-refractivity contribution in [3.05, 3.63) is 66.0 Å². The van der Waals surface area contributed by atoms with Gasteiger partial charge < -0.3 is 14.7 Å². The molecule has 1 aromatic heterocycles. The lowest BCUT2D eigenvalue weighted by molar-refractivity contribution is -0.126. The first-order valence-corrected chi connectivity index (χ1v) is 10.8. The van der Waals surface area contributed by atoms with Crippen molar-refractivity contribution < 1.29 is 4.79 Å². The van der Waals surface area contributed by atoms with E-state index in [4.69, 9.17) is 11.6 Å². The standard InChI is InChI=1S/C24H26ClN5O/c1-28(2)10-6-9-23(31)29-11-13-30(14-12-29)24-20-15-21(25)19(16-22(20)26-17-27-24)18-7-4-3-5-8-18/h3-9,15-17H,10-14H2,1-2H3/b9-6+. The summed E-state index contributed by atoms with van der Waals surface area (Å²) in [6.07, 6.45) is 5.17. The predicted octanol–water partition coefficient (Wildman–Crippen LogP) is 3.72. The van der Waals surface area contributed by atoms with Gasteiger partial charge in [-0.05, 0) is 31.8 Å². The molecule has 1 amide bonds. The molecule has 1 aliphatic heterocycles. The quantitative estimate of drug-likeness (QED) is 0.572. The summed E-state index contributed by atoms with van der Waals surface area (Å²) in [6, 6.07) is 14.0. The third-order valence-electron chi connectivity index (χ3n) is 5.41. The van der Waals surface area contributed by atoms with Gasteiger partial charge in [0.1, 0.15) is 12.1 Å². The Balaban J connectivity index is 1.52. The van der Waals surface area contributed by atoms with Gasteiger partial charge in [-0.25, -0.2) is 9.97 Å². The first kappa shape index (κ1) is 21.3. The largest absolute Gasteiger partial charge is 0.352 e. The summed E-state index contributed by atoms with van der Waals surface area (Å²) in [7, 11) is 3.96. The van der Waals surface area contributed by atoms with Crippen molar-refractivity contribution in [3.63, 3.8) is 0 Å². The van der Waals surface area contributed by atoms with Crippen molar-refractivity contribution in [1.29, 1.82) is 0 Å². The zero-order chi connectivity index (χ0) is 21.8. The van der Waals surface area contributed by atoms with Crippen molar-refractivity contribution in [2.75, 3.05) is 51.7 Å². The Morgan fingerprint density at radius 2 is 1.84 bits per heavy atom. The van der Waals surface area contributed by atoms with Crippen molar-refractivity contribution in [3.8, 4) is 11.1 Å². The average molecular weight is 436 g/mol. The van der Waals surface area contributed by atoms with Gasteiger partial charge in [0, 0.05) is 54.8 Å². The van der Waals surface area contributed by atoms with Crippen LogP contribution in [0.25, 0.3) is 22.0 Å². The fourth-order valence-corrected chi connectivity index (χ4v) is 4.04. The Labute approximate surface area is 187 Å². The second-order valence-corrected chi connectivity index (χ2v) is 8.30. The number of carbonyl (C=O) groups excluding carboxylic acids is 1. The van der Waals surface area contributed by atoms with Crippen LogP contribution in [0, 0.1) is 0 Å². The Kier molecular flexibility index (Phi) is 6.49. The molecule has 4 rings (SSSR count). The Hall–Kier alpha value is -2.96. The van der Waals surface area contributed by atoms with E-state index in [1.54, 1.807) is 12.4 Å². The zero-order valence-electron chi connectivity index (χ0n) is 17.8. The fourth-order valence-electron chi connectivity index (χ4n) is 3.76. The molecular formula is C24H26ClN5O. The van der Waals surface area contributed by atoms with Crippen LogP contribution in [0.4, 0.5) is 5.82 Å². The number of fused-ring (bicyclic) bond motifs is 1. The van der Waals surface area contributed by atoms with Gasteiger partial charge in [0.15, 0.2) is 0 Å². The van der Waals surface area contributed by atoms with Crippen molar-refractivity contribution in [2.45, 2.75) is 0 Å². The van der Waals surface area contributed by atoms with E-state index in [0.29, 0.717) is 18.1 Å². The van der Waals surface area contributed by atoms with E-state index >= 15 is 0 Å². The zero-order valence-corrected chi connectivity index (χ0v) is 18.6. The smallest absolute Gasteiger partial charge is 0.246 e. The summed E-state index contributed by atoms with van der Waals surface area (Å²) in [4.78, 5) is 27.5. The van der Waals surface area contributed by atoms with Gasteiger partial charge in [-0.2, -0.15) is 0 Å². The Morgan fingerprint density at radius 1 is 1.10 bits per heavy atom. The summed E-state index contributed by atoms with van der Waals surface area (Å²) in [5.74, 6) is 0.923. The number of halogens is 1. The van der Waals surface area contributed by atoms with Crippen molar-refractivity contribution >= 4 is 34.2 Å². The summed E-state index contributed by atoms with van der Waals surface area (Å²) in [5.41, 5.74) is 2.88. The van der Waals surface area contributed by atoms with E-state index in [1.165, 1.54) is 0 Å². The lowest BCUT2D eigenvalue weighted by Gasteiger charge is -2.35. The highest BCUT2D eigenvalue weighted by Gasteiger charge is 2.22. The van der Waals surface area contributed by atoms with Crippen LogP contribution in [0.3, 0.4) is 0 Å². The van der Waals surface area contributed by atoms with E-state index in [2.05, 4.69) is 14.9 Å². The van der Waals surface area contributed by atoms with Gasteiger partial charge in [0.2, 0.25) is 5.91 Å². The van der Waals surface area contributed by atoms with Crippen LogP contribution in [0.1, 0.15) is 0 Å². The molecule has 0 atom stereocenters. The monoisotopic (exact) mass is 435 g/mol. The second-order valence-electron chi connectivity index (χ2n) is 7.89. The van der Waals surface area contributed by atoms with Crippen LogP contribution >= 0.6 is 11.6 Å². The molecule has 0 N–H and O–H groups in total. The number of likely N-dealkylation sites (N-methyl/N-ethyl adjacent to an activating group) is 1. The number of carbonyl (C=O) groups is 1. The van der Waals surface area contributed by atoms with E-state index < -0.39 is 0 Å². The van der Waals surface area contributed by atoms with E-state index in [1.807, 2.05) is 72.4 Å². The minimum Gasteiger partial charge on any atom is -0.352 e. The van der Waals surface area contributed by atoms with Gasteiger partial charge in [0.05, 0.1) is 5.52 Å². The minimum atomic E-state index is 0.0598. The molecule has 31 heavy (non-hydrogen) atoms. The van der Waals surface area contributed by atoms with E-state index in [-0.39, 0.29) is 5.91 Å². The van der Waals surface area contributed by atoms with Gasteiger partial charge in [-0.1, -0.05) is 48.0 Å². The third kappa shape index (κ3) is 4.86. The number of rotatable bonds is 5. The average Bonchev–Trinajstić information content (AvgIpc) is 2.78. The molecule has 3 aromatic rings. The maximum Gasteiger partial charge on any atom is 0.246 e. The Morgan fingerprint density at radius 3 is 2.55 bits per heavy atom. The normalized spacial score (nSPS) is 14.7. The fraction of sp³-hybridized carbons (Fsp3) is 0.292. The SMILES string of the molecule is CN(C)C/C=C/C(=O)N1CCN(c2ncnc3cc(-c4ccccc4)c(Cl)cc23)CC1. The van der Waals surface area contributed by atoms with Crippen LogP contribution in [0.5, 0.6) is 0 Å². The van der Waals surface area contributed by atoms with Crippen molar-refractivity contribution in [2.24, 2.45) is 0 Å². The highest BCUT2D eigenvalue weighted by Crippen LogP contribution is 2.34. The van der Waals surface area contributed by atoms with Crippen LogP contribution < -0.4 is 4.90 Å². The molecule has 0 aliphatic carbocycles. The molecule has 6 nitrogen and oxygen atoms in total. The number of nitrogens with zero attached hydrogens (tertiary/aromatic N) is 5. The molecule has 0 spiro atoms. The summed E-state index contributed by atoms with van der Waals surface area (Å²) >= 11 is 6.65. The highest BCUT2D eigenvalue weighted by atomic mass is 35.5. The van der Waals surface area contributed by atoms with Crippen LogP contribution in [-0.2, 0) is 4.79 Å². The predicted molar refractivity (Wildman–Crippen MR) is 126 cm³/mol. The molecule has 0 unspecified atom stereocenters. The molecule has 2 aromatic carbocycles. The maximum absolute atomic E-state index is 12.4. The molecule has 7 heteroatoms. The molecule has 1 aliphatic rings. The van der Waals surface area contributed by atoms with Gasteiger partial charge in [-0.15, -0.1) is 0 Å². The number of aromatic nitrogens is 2. The van der Waals surface area contributed by atoms with Gasteiger partial charge in [-0.3, -0.25) is 4.79 Å². The van der Waals surface area contributed by atoms with Crippen LogP contribution in [-0.4, -0.2) is 72.5 Å². The number of hydrogen-bond acceptors (Lipinski definition) is 5. The molecule has 0 radical (unpaired) electrons. The van der Waals surface area contributed by atoms with Gasteiger partial charge in [0.25, 0.3) is 0 Å². The third-order valence-corrected chi connectivity index (χ3v) is 5.72.